The van der Waals surface area contributed by atoms with E-state index in [1.165, 1.54) is 0 Å². The van der Waals surface area contributed by atoms with Crippen LogP contribution in [0.2, 0.25) is 0 Å². The Bertz CT molecular complexity index is 1250. The number of fused-ring (bicyclic) bond motifs is 2. The minimum absolute atomic E-state index is 0.162. The van der Waals surface area contributed by atoms with E-state index in [0.717, 1.165) is 85.9 Å². The summed E-state index contributed by atoms with van der Waals surface area (Å²) in [5.74, 6) is 1.81. The lowest BCUT2D eigenvalue weighted by molar-refractivity contribution is 0.122. The molecule has 33 heavy (non-hydrogen) atoms. The first-order valence-corrected chi connectivity index (χ1v) is 11.6. The van der Waals surface area contributed by atoms with Gasteiger partial charge in [-0.15, -0.1) is 0 Å². The van der Waals surface area contributed by atoms with Gasteiger partial charge >= 0.3 is 0 Å². The fourth-order valence-electron chi connectivity index (χ4n) is 4.79. The summed E-state index contributed by atoms with van der Waals surface area (Å²) in [6, 6.07) is 4.61. The normalized spacial score (nSPS) is 21.4. The molecule has 0 amide bonds. The Kier molecular flexibility index (Phi) is 5.39. The van der Waals surface area contributed by atoms with Crippen molar-refractivity contribution in [3.8, 4) is 5.75 Å². The summed E-state index contributed by atoms with van der Waals surface area (Å²) in [6.07, 6.45) is 15.0. The Morgan fingerprint density at radius 2 is 1.79 bits per heavy atom. The van der Waals surface area contributed by atoms with Crippen LogP contribution >= 0.6 is 0 Å². The molecule has 9 heteroatoms. The van der Waals surface area contributed by atoms with Gasteiger partial charge in [-0.05, 0) is 31.7 Å². The number of benzene rings is 1. The average Bonchev–Trinajstić information content (AvgIpc) is 3.36. The van der Waals surface area contributed by atoms with Crippen LogP contribution in [0.4, 0.5) is 11.5 Å². The highest BCUT2D eigenvalue weighted by Gasteiger charge is 2.24. The van der Waals surface area contributed by atoms with Crippen molar-refractivity contribution < 1.29 is 9.47 Å². The van der Waals surface area contributed by atoms with Crippen LogP contribution in [0.15, 0.2) is 49.3 Å². The van der Waals surface area contributed by atoms with Crippen molar-refractivity contribution in [2.45, 2.75) is 37.8 Å². The number of morpholine rings is 1. The van der Waals surface area contributed by atoms with Gasteiger partial charge in [0.25, 0.3) is 0 Å². The summed E-state index contributed by atoms with van der Waals surface area (Å²) < 4.78 is 14.1. The molecular weight excluding hydrogens is 418 g/mol. The standard InChI is InChI=1S/C24H27N7O2/c1-3-19(4-2-17(1)29-23-16-25-15-22-27-7-8-31(22)23)33-21-14-18(30-9-11-32-12-10-30)13-20-24(21)28-6-5-26-20/h5-8,13-17,19,29H,1-4,9-12H2. The molecule has 4 aromatic rings. The van der Waals surface area contributed by atoms with E-state index in [1.807, 2.05) is 16.8 Å². The fraction of sp³-hybridized carbons (Fsp3) is 0.417. The monoisotopic (exact) mass is 445 g/mol. The highest BCUT2D eigenvalue weighted by atomic mass is 16.5. The third kappa shape index (κ3) is 4.16. The zero-order valence-corrected chi connectivity index (χ0v) is 18.4. The molecule has 0 radical (unpaired) electrons. The molecule has 170 valence electrons. The summed E-state index contributed by atoms with van der Waals surface area (Å²) in [7, 11) is 0. The second kappa shape index (κ2) is 8.82. The van der Waals surface area contributed by atoms with Gasteiger partial charge in [0.2, 0.25) is 0 Å². The molecule has 1 saturated carbocycles. The molecular formula is C24H27N7O2. The van der Waals surface area contributed by atoms with E-state index in [2.05, 4.69) is 42.3 Å². The van der Waals surface area contributed by atoms with Crippen LogP contribution in [0.25, 0.3) is 16.7 Å². The number of aromatic nitrogens is 5. The first kappa shape index (κ1) is 20.2. The molecule has 1 aliphatic carbocycles. The minimum atomic E-state index is 0.162. The molecule has 1 aromatic carbocycles. The second-order valence-corrected chi connectivity index (χ2v) is 8.65. The third-order valence-electron chi connectivity index (χ3n) is 6.54. The number of hydrogen-bond acceptors (Lipinski definition) is 8. The van der Waals surface area contributed by atoms with Crippen LogP contribution in [0, 0.1) is 0 Å². The van der Waals surface area contributed by atoms with Crippen molar-refractivity contribution in [2.24, 2.45) is 0 Å². The number of ether oxygens (including phenoxy) is 2. The highest BCUT2D eigenvalue weighted by molar-refractivity contribution is 5.85. The van der Waals surface area contributed by atoms with Gasteiger partial charge in [0, 0.05) is 55.7 Å². The largest absolute Gasteiger partial charge is 0.488 e. The number of nitrogens with one attached hydrogen (secondary N) is 1. The van der Waals surface area contributed by atoms with Crippen molar-refractivity contribution in [2.75, 3.05) is 36.5 Å². The van der Waals surface area contributed by atoms with Crippen LogP contribution < -0.4 is 15.0 Å². The molecule has 3 aromatic heterocycles. The first-order valence-electron chi connectivity index (χ1n) is 11.6. The molecule has 0 bridgehead atoms. The summed E-state index contributed by atoms with van der Waals surface area (Å²) in [5.41, 5.74) is 3.67. The lowest BCUT2D eigenvalue weighted by Crippen LogP contribution is -2.36. The van der Waals surface area contributed by atoms with Gasteiger partial charge in [0.05, 0.1) is 37.2 Å². The van der Waals surface area contributed by atoms with Crippen molar-refractivity contribution in [3.05, 3.63) is 49.3 Å². The van der Waals surface area contributed by atoms with Crippen LogP contribution in [0.5, 0.6) is 5.75 Å². The average molecular weight is 446 g/mol. The molecule has 0 atom stereocenters. The fourth-order valence-corrected chi connectivity index (χ4v) is 4.79. The van der Waals surface area contributed by atoms with Gasteiger partial charge in [0.1, 0.15) is 17.1 Å². The molecule has 1 saturated heterocycles. The molecule has 1 N–H and O–H groups in total. The lowest BCUT2D eigenvalue weighted by atomic mass is 9.93. The topological polar surface area (TPSA) is 89.7 Å². The van der Waals surface area contributed by atoms with Crippen molar-refractivity contribution in [1.82, 2.24) is 24.3 Å². The quantitative estimate of drug-likeness (QED) is 0.500. The number of hydrogen-bond donors (Lipinski definition) is 1. The SMILES string of the molecule is c1cnc2c(OC3CCC(Nc4cncc5nccn45)CC3)cc(N3CCOCC3)cc2n1. The predicted molar refractivity (Wildman–Crippen MR) is 126 cm³/mol. The Balaban J connectivity index is 1.16. The van der Waals surface area contributed by atoms with E-state index in [1.54, 1.807) is 24.8 Å². The zero-order valence-electron chi connectivity index (χ0n) is 18.4. The molecule has 9 nitrogen and oxygen atoms in total. The van der Waals surface area contributed by atoms with Gasteiger partial charge in [-0.3, -0.25) is 14.4 Å². The summed E-state index contributed by atoms with van der Waals surface area (Å²) >= 11 is 0. The van der Waals surface area contributed by atoms with Crippen LogP contribution in [-0.2, 0) is 4.74 Å². The minimum Gasteiger partial charge on any atom is -0.488 e. The number of anilines is 2. The maximum Gasteiger partial charge on any atom is 0.156 e. The van der Waals surface area contributed by atoms with E-state index in [9.17, 15) is 0 Å². The van der Waals surface area contributed by atoms with Crippen molar-refractivity contribution in [3.63, 3.8) is 0 Å². The summed E-state index contributed by atoms with van der Waals surface area (Å²) in [6.45, 7) is 3.24. The van der Waals surface area contributed by atoms with Gasteiger partial charge in [-0.2, -0.15) is 0 Å². The van der Waals surface area contributed by atoms with E-state index in [4.69, 9.17) is 9.47 Å². The number of nitrogens with zero attached hydrogens (tertiary/aromatic N) is 6. The Labute approximate surface area is 191 Å². The predicted octanol–water partition coefficient (Wildman–Crippen LogP) is 3.31. The molecule has 1 aliphatic heterocycles. The van der Waals surface area contributed by atoms with Gasteiger partial charge in [0.15, 0.2) is 5.65 Å². The van der Waals surface area contributed by atoms with E-state index < -0.39 is 0 Å². The zero-order chi connectivity index (χ0) is 22.0. The number of rotatable bonds is 5. The third-order valence-corrected chi connectivity index (χ3v) is 6.54. The summed E-state index contributed by atoms with van der Waals surface area (Å²) in [5, 5.41) is 3.64. The van der Waals surface area contributed by atoms with Gasteiger partial charge < -0.3 is 19.7 Å². The second-order valence-electron chi connectivity index (χ2n) is 8.65. The number of imidazole rings is 1. The highest BCUT2D eigenvalue weighted by Crippen LogP contribution is 2.33. The molecule has 4 heterocycles. The molecule has 0 unspecified atom stereocenters. The first-order chi connectivity index (χ1) is 16.3. The Hall–Kier alpha value is -3.46. The lowest BCUT2D eigenvalue weighted by Gasteiger charge is -2.31. The molecule has 0 spiro atoms. The molecule has 6 rings (SSSR count). The Morgan fingerprint density at radius 3 is 2.67 bits per heavy atom. The van der Waals surface area contributed by atoms with E-state index >= 15 is 0 Å². The maximum atomic E-state index is 6.54. The van der Waals surface area contributed by atoms with Crippen LogP contribution in [0.1, 0.15) is 25.7 Å². The molecule has 2 fully saturated rings. The van der Waals surface area contributed by atoms with E-state index in [0.29, 0.717) is 6.04 Å². The van der Waals surface area contributed by atoms with E-state index in [-0.39, 0.29) is 6.10 Å². The summed E-state index contributed by atoms with van der Waals surface area (Å²) in [4.78, 5) is 20.1. The maximum absolute atomic E-state index is 6.54. The van der Waals surface area contributed by atoms with Crippen LogP contribution in [-0.4, -0.2) is 62.8 Å². The molecule has 2 aliphatic rings. The smallest absolute Gasteiger partial charge is 0.156 e. The van der Waals surface area contributed by atoms with Crippen molar-refractivity contribution in [1.29, 1.82) is 0 Å². The Morgan fingerprint density at radius 1 is 0.939 bits per heavy atom. The van der Waals surface area contributed by atoms with Crippen molar-refractivity contribution >= 4 is 28.2 Å². The van der Waals surface area contributed by atoms with Gasteiger partial charge in [-0.25, -0.2) is 9.97 Å². The van der Waals surface area contributed by atoms with Crippen LogP contribution in [0.3, 0.4) is 0 Å². The van der Waals surface area contributed by atoms with Gasteiger partial charge in [-0.1, -0.05) is 0 Å².